The van der Waals surface area contributed by atoms with Gasteiger partial charge in [-0.15, -0.1) is 0 Å². The summed E-state index contributed by atoms with van der Waals surface area (Å²) in [5.74, 6) is -1.50. The summed E-state index contributed by atoms with van der Waals surface area (Å²) in [6, 6.07) is 4.66. The van der Waals surface area contributed by atoms with Gasteiger partial charge in [0.05, 0.1) is 41.9 Å². The minimum absolute atomic E-state index is 0.0291. The highest BCUT2D eigenvalue weighted by Crippen LogP contribution is 2.40. The zero-order valence-corrected chi connectivity index (χ0v) is 23.9. The van der Waals surface area contributed by atoms with Crippen LogP contribution in [0.5, 0.6) is 5.75 Å². The van der Waals surface area contributed by atoms with Gasteiger partial charge in [0.15, 0.2) is 5.79 Å². The molecule has 3 aliphatic heterocycles. The molecule has 0 spiro atoms. The molecule has 5 N–H and O–H groups in total. The Morgan fingerprint density at radius 1 is 1.17 bits per heavy atom. The number of aromatic amines is 1. The average Bonchev–Trinajstić information content (AvgIpc) is 3.40. The second-order valence-electron chi connectivity index (χ2n) is 10.4. The molecule has 0 amide bonds. The van der Waals surface area contributed by atoms with Crippen LogP contribution in [0.3, 0.4) is 0 Å². The van der Waals surface area contributed by atoms with Gasteiger partial charge in [-0.05, 0) is 31.4 Å². The maximum Gasteiger partial charge on any atom is 0.418 e. The van der Waals surface area contributed by atoms with Crippen molar-refractivity contribution in [2.45, 2.75) is 49.1 Å². The Labute approximate surface area is 237 Å². The molecule has 5 rings (SSSR count). The number of ether oxygens (including phenoxy) is 2. The van der Waals surface area contributed by atoms with E-state index in [1.54, 1.807) is 0 Å². The van der Waals surface area contributed by atoms with Crippen molar-refractivity contribution in [3.05, 3.63) is 41.1 Å². The van der Waals surface area contributed by atoms with Crippen molar-refractivity contribution >= 4 is 21.7 Å². The van der Waals surface area contributed by atoms with E-state index < -0.39 is 27.5 Å². The first-order chi connectivity index (χ1) is 19.5. The fourth-order valence-corrected chi connectivity index (χ4v) is 7.13. The molecule has 1 aromatic heterocycles. The summed E-state index contributed by atoms with van der Waals surface area (Å²) >= 11 is 0. The number of hydrogen-bond donors (Lipinski definition) is 4. The number of hydrogen-bond acceptors (Lipinski definition) is 8. The summed E-state index contributed by atoms with van der Waals surface area (Å²) in [4.78, 5) is 9.36. The third-order valence-corrected chi connectivity index (χ3v) is 9.67. The number of rotatable bonds is 7. The molecule has 1 atom stereocenters. The van der Waals surface area contributed by atoms with Crippen LogP contribution in [0.15, 0.2) is 34.3 Å². The van der Waals surface area contributed by atoms with Gasteiger partial charge in [0, 0.05) is 51.0 Å². The number of nitrogens with two attached hydrogens (primary N) is 1. The van der Waals surface area contributed by atoms with E-state index in [1.165, 1.54) is 29.6 Å². The molecule has 0 radical (unpaired) electrons. The van der Waals surface area contributed by atoms with Crippen LogP contribution >= 0.6 is 0 Å². The van der Waals surface area contributed by atoms with Gasteiger partial charge >= 0.3 is 6.18 Å². The minimum atomic E-state index is -4.61. The number of piperidine rings is 1. The molecule has 4 heterocycles. The van der Waals surface area contributed by atoms with Gasteiger partial charge in [0.2, 0.25) is 10.0 Å². The van der Waals surface area contributed by atoms with Gasteiger partial charge in [-0.2, -0.15) is 17.5 Å². The highest BCUT2D eigenvalue weighted by Gasteiger charge is 2.44. The van der Waals surface area contributed by atoms with E-state index in [4.69, 9.17) is 15.2 Å². The Hall–Kier alpha value is -2.85. The largest absolute Gasteiger partial charge is 0.496 e. The number of fused-ring (bicyclic) bond motifs is 1. The summed E-state index contributed by atoms with van der Waals surface area (Å²) in [5.41, 5.74) is 5.94. The van der Waals surface area contributed by atoms with Crippen molar-refractivity contribution in [1.29, 1.82) is 0 Å². The second kappa shape index (κ2) is 11.4. The third-order valence-electron chi connectivity index (χ3n) is 7.77. The molecule has 0 saturated carbocycles. The zero-order valence-electron chi connectivity index (χ0n) is 23.1. The maximum atomic E-state index is 13.7. The lowest BCUT2D eigenvalue weighted by molar-refractivity contribution is -0.137. The maximum absolute atomic E-state index is 13.7. The van der Waals surface area contributed by atoms with Crippen LogP contribution < -0.4 is 21.1 Å². The van der Waals surface area contributed by atoms with E-state index >= 15 is 0 Å². The van der Waals surface area contributed by atoms with E-state index in [2.05, 4.69) is 25.5 Å². The number of halogens is 3. The molecule has 15 heteroatoms. The van der Waals surface area contributed by atoms with Crippen molar-refractivity contribution in [1.82, 2.24) is 19.5 Å². The molecule has 2 fully saturated rings. The predicted octanol–water partition coefficient (Wildman–Crippen LogP) is 2.47. The standard InChI is InChI=1S/C26H36F3N7O4S/c1-3-8-31-23-22-20(25(27,28)29)16-32-24(22)34-26(30,33-23)19-5-4-18(15-21(19)39-2)41(37,38)36-9-6-17(7-10-36)35-11-13-40-14-12-35/h4-5,15-17,32,34H,3,6-14,30H2,1-2H3,(H,31,33). The van der Waals surface area contributed by atoms with Crippen molar-refractivity contribution in [3.63, 3.8) is 0 Å². The quantitative estimate of drug-likeness (QED) is 0.381. The van der Waals surface area contributed by atoms with Crippen LogP contribution in [0.2, 0.25) is 0 Å². The van der Waals surface area contributed by atoms with Crippen LogP contribution in [-0.2, 0) is 26.7 Å². The van der Waals surface area contributed by atoms with Crippen LogP contribution in [0.4, 0.5) is 19.0 Å². The highest BCUT2D eigenvalue weighted by molar-refractivity contribution is 7.89. The Balaban J connectivity index is 1.41. The Morgan fingerprint density at radius 3 is 2.51 bits per heavy atom. The number of H-pyrrole nitrogens is 1. The summed E-state index contributed by atoms with van der Waals surface area (Å²) in [5, 5.41) is 5.81. The van der Waals surface area contributed by atoms with Crippen LogP contribution in [-0.4, -0.2) is 87.5 Å². The van der Waals surface area contributed by atoms with Gasteiger partial charge in [-0.1, -0.05) is 6.92 Å². The van der Waals surface area contributed by atoms with Crippen LogP contribution in [0.1, 0.15) is 42.9 Å². The number of alkyl halides is 3. The van der Waals surface area contributed by atoms with E-state index in [0.29, 0.717) is 44.3 Å². The van der Waals surface area contributed by atoms with Gasteiger partial charge in [0.1, 0.15) is 17.4 Å². The molecular formula is C26H36F3N7O4S. The summed E-state index contributed by atoms with van der Waals surface area (Å²) < 4.78 is 80.8. The molecule has 1 unspecified atom stereocenters. The molecule has 1 aromatic carbocycles. The fraction of sp³-hybridized carbons (Fsp3) is 0.577. The molecule has 2 saturated heterocycles. The number of morpholine rings is 1. The SMILES string of the molecule is CCCN=C1NC(N)(c2ccc(S(=O)(=O)N3CCC(N4CCOCC4)CC3)cc2OC)Nc2[nH]cc(C(F)(F)F)c21. The number of amidine groups is 1. The number of benzene rings is 1. The molecule has 3 aliphatic rings. The van der Waals surface area contributed by atoms with Crippen LogP contribution in [0.25, 0.3) is 0 Å². The second-order valence-corrected chi connectivity index (χ2v) is 12.3. The molecule has 2 aromatic rings. The van der Waals surface area contributed by atoms with Crippen molar-refractivity contribution in [3.8, 4) is 5.75 Å². The predicted molar refractivity (Wildman–Crippen MR) is 147 cm³/mol. The van der Waals surface area contributed by atoms with Gasteiger partial charge in [-0.25, -0.2) is 8.42 Å². The van der Waals surface area contributed by atoms with Crippen molar-refractivity contribution in [2.24, 2.45) is 10.7 Å². The summed E-state index contributed by atoms with van der Waals surface area (Å²) in [6.45, 7) is 6.01. The first-order valence-electron chi connectivity index (χ1n) is 13.7. The number of aliphatic imine (C=N–C) groups is 1. The topological polar surface area (TPSA) is 137 Å². The van der Waals surface area contributed by atoms with Crippen molar-refractivity contribution < 1.29 is 31.1 Å². The molecule has 41 heavy (non-hydrogen) atoms. The smallest absolute Gasteiger partial charge is 0.418 e. The minimum Gasteiger partial charge on any atom is -0.496 e. The molecule has 226 valence electrons. The normalized spacial score (nSPS) is 24.1. The number of anilines is 1. The first kappa shape index (κ1) is 29.6. The number of nitrogens with zero attached hydrogens (tertiary/aromatic N) is 3. The highest BCUT2D eigenvalue weighted by atomic mass is 32.2. The number of aromatic nitrogens is 1. The van der Waals surface area contributed by atoms with Gasteiger partial charge < -0.3 is 25.1 Å². The first-order valence-corrected chi connectivity index (χ1v) is 15.1. The Bertz CT molecular complexity index is 1380. The number of methoxy groups -OCH3 is 1. The van der Waals surface area contributed by atoms with Gasteiger partial charge in [-0.3, -0.25) is 15.6 Å². The van der Waals surface area contributed by atoms with E-state index in [0.717, 1.165) is 32.1 Å². The Morgan fingerprint density at radius 2 is 1.88 bits per heavy atom. The third kappa shape index (κ3) is 5.78. The zero-order chi connectivity index (χ0) is 29.4. The van der Waals surface area contributed by atoms with Crippen molar-refractivity contribution in [2.75, 3.05) is 58.4 Å². The summed E-state index contributed by atoms with van der Waals surface area (Å²) in [7, 11) is -2.45. The lowest BCUT2D eigenvalue weighted by Gasteiger charge is -2.40. The number of sulfonamides is 1. The number of nitrogens with one attached hydrogen (secondary N) is 3. The van der Waals surface area contributed by atoms with E-state index in [-0.39, 0.29) is 34.4 Å². The molecular weight excluding hydrogens is 563 g/mol. The lowest BCUT2D eigenvalue weighted by atomic mass is 10.0. The average molecular weight is 600 g/mol. The lowest BCUT2D eigenvalue weighted by Crippen LogP contribution is -2.61. The monoisotopic (exact) mass is 599 g/mol. The molecule has 0 bridgehead atoms. The van der Waals surface area contributed by atoms with E-state index in [9.17, 15) is 21.6 Å². The Kier molecular flexibility index (Phi) is 8.27. The van der Waals surface area contributed by atoms with E-state index in [1.807, 2.05) is 6.92 Å². The molecule has 0 aliphatic carbocycles. The fourth-order valence-electron chi connectivity index (χ4n) is 5.64. The van der Waals surface area contributed by atoms with Crippen LogP contribution in [0, 0.1) is 0 Å². The molecule has 11 nitrogen and oxygen atoms in total. The summed E-state index contributed by atoms with van der Waals surface area (Å²) in [6.07, 6.45) is -1.68. The van der Waals surface area contributed by atoms with Gasteiger partial charge in [0.25, 0.3) is 0 Å².